The maximum atomic E-state index is 12.8. The molecule has 0 bridgehead atoms. The van der Waals surface area contributed by atoms with Gasteiger partial charge in [0.25, 0.3) is 11.1 Å². The monoisotopic (exact) mass is 477 g/mol. The van der Waals surface area contributed by atoms with Gasteiger partial charge in [-0.3, -0.25) is 15.1 Å². The predicted octanol–water partition coefficient (Wildman–Crippen LogP) is 4.41. The van der Waals surface area contributed by atoms with Crippen LogP contribution in [0.25, 0.3) is 11.1 Å². The first-order valence-corrected chi connectivity index (χ1v) is 11.1. The third kappa shape index (κ3) is 6.12. The number of carbonyl (C=O) groups excluding carboxylic acids is 1. The van der Waals surface area contributed by atoms with Crippen molar-refractivity contribution in [1.82, 2.24) is 20.2 Å². The SMILES string of the molecule is CC1CCCO1.COc1nnc(NC(=O)c2cnc(C)cc2-c2cc(Cl)ncc2OC)s1. The molecule has 32 heavy (non-hydrogen) atoms. The summed E-state index contributed by atoms with van der Waals surface area (Å²) in [5.41, 5.74) is 2.33. The van der Waals surface area contributed by atoms with Gasteiger partial charge < -0.3 is 14.2 Å². The van der Waals surface area contributed by atoms with Gasteiger partial charge in [0.15, 0.2) is 0 Å². The van der Waals surface area contributed by atoms with Gasteiger partial charge in [0.05, 0.1) is 32.1 Å². The molecule has 4 rings (SSSR count). The number of ether oxygens (including phenoxy) is 3. The molecule has 11 heteroatoms. The largest absolute Gasteiger partial charge is 0.494 e. The second-order valence-corrected chi connectivity index (χ2v) is 8.26. The molecule has 1 amide bonds. The zero-order chi connectivity index (χ0) is 23.1. The van der Waals surface area contributed by atoms with E-state index < -0.39 is 0 Å². The van der Waals surface area contributed by atoms with Crippen LogP contribution in [-0.4, -0.2) is 53.0 Å². The van der Waals surface area contributed by atoms with Crippen LogP contribution in [0.3, 0.4) is 0 Å². The van der Waals surface area contributed by atoms with Crippen LogP contribution in [0.2, 0.25) is 5.15 Å². The lowest BCUT2D eigenvalue weighted by atomic mass is 10.0. The summed E-state index contributed by atoms with van der Waals surface area (Å²) >= 11 is 7.15. The summed E-state index contributed by atoms with van der Waals surface area (Å²) in [6.07, 6.45) is 6.07. The average molecular weight is 478 g/mol. The fourth-order valence-electron chi connectivity index (χ4n) is 3.00. The summed E-state index contributed by atoms with van der Waals surface area (Å²) in [6, 6.07) is 3.42. The number of anilines is 1. The van der Waals surface area contributed by atoms with Crippen molar-refractivity contribution in [3.8, 4) is 22.1 Å². The third-order valence-corrected chi connectivity index (χ3v) is 5.60. The molecule has 1 fully saturated rings. The Bertz CT molecular complexity index is 1070. The fraction of sp³-hybridized carbons (Fsp3) is 0.381. The highest BCUT2D eigenvalue weighted by atomic mass is 35.5. The summed E-state index contributed by atoms with van der Waals surface area (Å²) < 4.78 is 15.5. The van der Waals surface area contributed by atoms with E-state index in [1.54, 1.807) is 12.1 Å². The van der Waals surface area contributed by atoms with Gasteiger partial charge in [-0.25, -0.2) is 4.98 Å². The van der Waals surface area contributed by atoms with E-state index in [0.29, 0.717) is 38.9 Å². The zero-order valence-electron chi connectivity index (χ0n) is 18.2. The van der Waals surface area contributed by atoms with Crippen molar-refractivity contribution in [3.05, 3.63) is 40.9 Å². The van der Waals surface area contributed by atoms with Gasteiger partial charge in [-0.15, -0.1) is 5.10 Å². The molecular weight excluding hydrogens is 454 g/mol. The Morgan fingerprint density at radius 3 is 2.59 bits per heavy atom. The number of aryl methyl sites for hydroxylation is 1. The number of nitrogens with zero attached hydrogens (tertiary/aromatic N) is 4. The number of amides is 1. The Morgan fingerprint density at radius 1 is 1.19 bits per heavy atom. The molecule has 0 radical (unpaired) electrons. The second kappa shape index (κ2) is 11.2. The molecule has 0 aromatic carbocycles. The molecule has 1 unspecified atom stereocenters. The highest BCUT2D eigenvalue weighted by molar-refractivity contribution is 7.17. The maximum absolute atomic E-state index is 12.8. The van der Waals surface area contributed by atoms with Crippen LogP contribution < -0.4 is 14.8 Å². The molecule has 0 saturated carbocycles. The van der Waals surface area contributed by atoms with Crippen molar-refractivity contribution in [2.24, 2.45) is 0 Å². The Balaban J connectivity index is 0.000000416. The lowest BCUT2D eigenvalue weighted by Gasteiger charge is -2.13. The topological polar surface area (TPSA) is 108 Å². The lowest BCUT2D eigenvalue weighted by molar-refractivity contribution is 0.102. The van der Waals surface area contributed by atoms with Gasteiger partial charge in [-0.1, -0.05) is 16.7 Å². The van der Waals surface area contributed by atoms with Gasteiger partial charge in [-0.2, -0.15) is 0 Å². The van der Waals surface area contributed by atoms with Crippen molar-refractivity contribution in [1.29, 1.82) is 0 Å². The molecule has 4 heterocycles. The molecule has 0 spiro atoms. The van der Waals surface area contributed by atoms with E-state index in [-0.39, 0.29) is 11.1 Å². The quantitative estimate of drug-likeness (QED) is 0.538. The average Bonchev–Trinajstić information content (AvgIpc) is 3.45. The minimum Gasteiger partial charge on any atom is -0.494 e. The molecule has 0 aliphatic carbocycles. The molecular formula is C21H24ClN5O4S. The molecule has 3 aromatic rings. The Morgan fingerprint density at radius 2 is 2.00 bits per heavy atom. The number of carbonyl (C=O) groups is 1. The Hall–Kier alpha value is -2.82. The van der Waals surface area contributed by atoms with Crippen molar-refractivity contribution in [2.75, 3.05) is 26.1 Å². The molecule has 1 atom stereocenters. The number of halogens is 1. The van der Waals surface area contributed by atoms with E-state index in [4.69, 9.17) is 25.8 Å². The molecule has 1 saturated heterocycles. The van der Waals surface area contributed by atoms with Gasteiger partial charge in [0, 0.05) is 29.6 Å². The van der Waals surface area contributed by atoms with Crippen molar-refractivity contribution >= 4 is 34.0 Å². The number of hydrogen-bond acceptors (Lipinski definition) is 9. The minimum absolute atomic E-state index is 0.287. The van der Waals surface area contributed by atoms with E-state index in [2.05, 4.69) is 32.4 Å². The van der Waals surface area contributed by atoms with E-state index >= 15 is 0 Å². The highest BCUT2D eigenvalue weighted by Crippen LogP contribution is 2.34. The van der Waals surface area contributed by atoms with Crippen LogP contribution >= 0.6 is 22.9 Å². The van der Waals surface area contributed by atoms with Crippen LogP contribution in [0.1, 0.15) is 35.8 Å². The van der Waals surface area contributed by atoms with E-state index in [1.165, 1.54) is 39.5 Å². The van der Waals surface area contributed by atoms with Gasteiger partial charge in [0.1, 0.15) is 10.9 Å². The van der Waals surface area contributed by atoms with Gasteiger partial charge in [-0.05, 0) is 50.2 Å². The van der Waals surface area contributed by atoms with Gasteiger partial charge >= 0.3 is 0 Å². The Kier molecular flexibility index (Phi) is 8.32. The third-order valence-electron chi connectivity index (χ3n) is 4.59. The number of hydrogen-bond donors (Lipinski definition) is 1. The number of pyridine rings is 2. The van der Waals surface area contributed by atoms with E-state index in [9.17, 15) is 4.79 Å². The second-order valence-electron chi connectivity index (χ2n) is 6.93. The summed E-state index contributed by atoms with van der Waals surface area (Å²) in [4.78, 5) is 21.0. The Labute approximate surface area is 195 Å². The summed E-state index contributed by atoms with van der Waals surface area (Å²) in [5.74, 6) is 0.105. The lowest BCUT2D eigenvalue weighted by Crippen LogP contribution is -2.14. The van der Waals surface area contributed by atoms with Gasteiger partial charge in [0.2, 0.25) is 5.13 Å². The predicted molar refractivity (Wildman–Crippen MR) is 123 cm³/mol. The summed E-state index contributed by atoms with van der Waals surface area (Å²) in [7, 11) is 3.00. The maximum Gasteiger partial charge on any atom is 0.295 e. The van der Waals surface area contributed by atoms with Crippen LogP contribution in [0.5, 0.6) is 10.9 Å². The molecule has 1 aliphatic heterocycles. The van der Waals surface area contributed by atoms with Crippen molar-refractivity contribution in [2.45, 2.75) is 32.8 Å². The normalized spacial score (nSPS) is 15.0. The fourth-order valence-corrected chi connectivity index (χ4v) is 3.71. The standard InChI is InChI=1S/C16H14ClN5O3S.C5H10O/c1-8-4-9(10-5-13(17)19-7-12(10)24-2)11(6-18-8)14(23)20-15-21-22-16(25-3)26-15;1-5-3-2-4-6-5/h4-7H,1-3H3,(H,20,21,23);5H,2-4H2,1H3. The highest BCUT2D eigenvalue weighted by Gasteiger charge is 2.19. The number of aromatic nitrogens is 4. The summed E-state index contributed by atoms with van der Waals surface area (Å²) in [5, 5.41) is 11.3. The zero-order valence-corrected chi connectivity index (χ0v) is 19.8. The number of rotatable bonds is 5. The van der Waals surface area contributed by atoms with Crippen molar-refractivity contribution < 1.29 is 19.0 Å². The van der Waals surface area contributed by atoms with Crippen LogP contribution in [0.4, 0.5) is 5.13 Å². The smallest absolute Gasteiger partial charge is 0.295 e. The van der Waals surface area contributed by atoms with Crippen LogP contribution in [0, 0.1) is 6.92 Å². The first-order valence-electron chi connectivity index (χ1n) is 9.88. The van der Waals surface area contributed by atoms with E-state index in [0.717, 1.165) is 23.6 Å². The minimum atomic E-state index is -0.388. The van der Waals surface area contributed by atoms with Crippen LogP contribution in [0.15, 0.2) is 24.5 Å². The molecule has 1 aliphatic rings. The molecule has 170 valence electrons. The number of nitrogens with one attached hydrogen (secondary N) is 1. The van der Waals surface area contributed by atoms with E-state index in [1.807, 2.05) is 6.92 Å². The first kappa shape index (κ1) is 23.8. The molecule has 9 nitrogen and oxygen atoms in total. The number of methoxy groups -OCH3 is 2. The van der Waals surface area contributed by atoms with Crippen molar-refractivity contribution in [3.63, 3.8) is 0 Å². The molecule has 1 N–H and O–H groups in total. The molecule has 3 aromatic heterocycles. The van der Waals surface area contributed by atoms with Crippen LogP contribution in [-0.2, 0) is 4.74 Å². The first-order chi connectivity index (χ1) is 15.4. The summed E-state index contributed by atoms with van der Waals surface area (Å²) in [6.45, 7) is 4.93.